The fourth-order valence-electron chi connectivity index (χ4n) is 0. The molecule has 0 bridgehead atoms. The van der Waals surface area contributed by atoms with Crippen molar-refractivity contribution in [1.82, 2.24) is 10.7 Å². The van der Waals surface area contributed by atoms with Crippen molar-refractivity contribution >= 4 is 0 Å². The summed E-state index contributed by atoms with van der Waals surface area (Å²) < 4.78 is 0. The SMILES string of the molecule is ON(O)N(O)O. The molecular formula is H4N2O4. The van der Waals surface area contributed by atoms with E-state index < -0.39 is 10.7 Å². The fraction of sp³-hybridized carbons (Fsp3) is 0. The third-order valence-electron chi connectivity index (χ3n) is 0.160. The molecule has 0 rings (SSSR count). The summed E-state index contributed by atoms with van der Waals surface area (Å²) >= 11 is 0. The molecule has 0 aromatic heterocycles. The third-order valence-corrected chi connectivity index (χ3v) is 0.160. The van der Waals surface area contributed by atoms with Gasteiger partial charge in [-0.2, -0.15) is 0 Å². The monoisotopic (exact) mass is 96.0 g/mol. The van der Waals surface area contributed by atoms with Gasteiger partial charge in [-0.25, -0.2) is 0 Å². The lowest BCUT2D eigenvalue weighted by Gasteiger charge is -2.06. The first-order valence-electron chi connectivity index (χ1n) is 1.000. The van der Waals surface area contributed by atoms with E-state index in [1.807, 2.05) is 0 Å². The summed E-state index contributed by atoms with van der Waals surface area (Å²) in [6, 6.07) is 0. The van der Waals surface area contributed by atoms with Crippen molar-refractivity contribution in [3.05, 3.63) is 0 Å². The van der Waals surface area contributed by atoms with Crippen molar-refractivity contribution in [1.29, 1.82) is 0 Å². The van der Waals surface area contributed by atoms with Crippen molar-refractivity contribution in [3.63, 3.8) is 0 Å². The highest BCUT2D eigenvalue weighted by Gasteiger charge is 1.96. The summed E-state index contributed by atoms with van der Waals surface area (Å²) in [5.41, 5.74) is 0. The van der Waals surface area contributed by atoms with Crippen molar-refractivity contribution in [2.45, 2.75) is 0 Å². The molecule has 0 aromatic rings. The zero-order valence-electron chi connectivity index (χ0n) is 2.68. The van der Waals surface area contributed by atoms with Crippen molar-refractivity contribution < 1.29 is 20.8 Å². The third kappa shape index (κ3) is 2.03. The molecule has 0 aromatic carbocycles. The normalized spacial score (nSPS) is 11.0. The Kier molecular flexibility index (Phi) is 1.95. The van der Waals surface area contributed by atoms with Gasteiger partial charge in [-0.3, -0.25) is 20.8 Å². The van der Waals surface area contributed by atoms with Gasteiger partial charge in [0.15, 0.2) is 0 Å². The Bertz CT molecular complexity index is 26.5. The highest BCUT2D eigenvalue weighted by molar-refractivity contribution is 3.57. The maximum atomic E-state index is 7.44. The second kappa shape index (κ2) is 2.03. The van der Waals surface area contributed by atoms with E-state index in [2.05, 4.69) is 0 Å². The van der Waals surface area contributed by atoms with Gasteiger partial charge in [-0.15, -0.1) is 0 Å². The summed E-state index contributed by atoms with van der Waals surface area (Å²) in [5, 5.41) is 28.0. The summed E-state index contributed by atoms with van der Waals surface area (Å²) in [7, 11) is 0. The van der Waals surface area contributed by atoms with E-state index in [4.69, 9.17) is 20.8 Å². The first-order valence-corrected chi connectivity index (χ1v) is 1.000. The first-order chi connectivity index (χ1) is 2.64. The number of hydrogen-bond acceptors (Lipinski definition) is 6. The van der Waals surface area contributed by atoms with Crippen LogP contribution in [0.3, 0.4) is 0 Å². The Morgan fingerprint density at radius 3 is 0.833 bits per heavy atom. The summed E-state index contributed by atoms with van der Waals surface area (Å²) in [5.74, 6) is 0. The van der Waals surface area contributed by atoms with Gasteiger partial charge in [0, 0.05) is 0 Å². The topological polar surface area (TPSA) is 87.4 Å². The predicted molar refractivity (Wildman–Crippen MR) is 10.8 cm³/mol. The van der Waals surface area contributed by atoms with Crippen LogP contribution in [0.1, 0.15) is 0 Å². The smallest absolute Gasteiger partial charge is 0.0593 e. The molecule has 0 fully saturated rings. The van der Waals surface area contributed by atoms with E-state index in [1.54, 1.807) is 0 Å². The number of nitrogens with zero attached hydrogens (tertiary/aromatic N) is 2. The summed E-state index contributed by atoms with van der Waals surface area (Å²) in [4.78, 5) is 0. The highest BCUT2D eigenvalue weighted by Crippen LogP contribution is 1.69. The van der Waals surface area contributed by atoms with E-state index in [-0.39, 0.29) is 0 Å². The lowest BCUT2D eigenvalue weighted by Crippen LogP contribution is -2.31. The van der Waals surface area contributed by atoms with Gasteiger partial charge >= 0.3 is 0 Å². The van der Waals surface area contributed by atoms with Gasteiger partial charge in [-0.05, 0) is 0 Å². The van der Waals surface area contributed by atoms with Gasteiger partial charge in [-0.1, -0.05) is 0 Å². The highest BCUT2D eigenvalue weighted by atomic mass is 17.0. The number of rotatable bonds is 1. The molecular weight excluding hydrogens is 92.0 g/mol. The molecule has 0 unspecified atom stereocenters. The minimum Gasteiger partial charge on any atom is -0.272 e. The van der Waals surface area contributed by atoms with Crippen LogP contribution >= 0.6 is 0 Å². The Morgan fingerprint density at radius 1 is 0.667 bits per heavy atom. The largest absolute Gasteiger partial charge is 0.272 e. The standard InChI is InChI=1S/H4N2O4/c3-1(4)2(5)6/h3-6H. The second-order valence-electron chi connectivity index (χ2n) is 0.537. The molecule has 0 aliphatic heterocycles. The Balaban J connectivity index is 2.99. The molecule has 6 heavy (non-hydrogen) atoms. The van der Waals surface area contributed by atoms with Crippen molar-refractivity contribution in [3.8, 4) is 0 Å². The Labute approximate surface area is 32.9 Å². The van der Waals surface area contributed by atoms with Crippen molar-refractivity contribution in [2.24, 2.45) is 0 Å². The Morgan fingerprint density at radius 2 is 0.833 bits per heavy atom. The molecule has 0 spiro atoms. The maximum absolute atomic E-state index is 7.44. The molecule has 6 nitrogen and oxygen atoms in total. The van der Waals surface area contributed by atoms with Gasteiger partial charge < -0.3 is 0 Å². The Hall–Kier alpha value is -0.240. The zero-order chi connectivity index (χ0) is 5.15. The molecule has 4 N–H and O–H groups in total. The lowest BCUT2D eigenvalue weighted by molar-refractivity contribution is -0.582. The minimum atomic E-state index is -0.889. The van der Waals surface area contributed by atoms with Crippen LogP contribution in [0, 0.1) is 0 Å². The quantitative estimate of drug-likeness (QED) is 0.315. The van der Waals surface area contributed by atoms with Crippen LogP contribution in [0.25, 0.3) is 0 Å². The van der Waals surface area contributed by atoms with E-state index in [0.29, 0.717) is 0 Å². The van der Waals surface area contributed by atoms with Crippen LogP contribution in [0.4, 0.5) is 0 Å². The molecule has 0 amide bonds. The van der Waals surface area contributed by atoms with Gasteiger partial charge in [0.2, 0.25) is 0 Å². The summed E-state index contributed by atoms with van der Waals surface area (Å²) in [6.45, 7) is 0. The lowest BCUT2D eigenvalue weighted by atomic mass is 12.4. The van der Waals surface area contributed by atoms with Crippen LogP contribution in [0.5, 0.6) is 0 Å². The van der Waals surface area contributed by atoms with Crippen molar-refractivity contribution in [2.75, 3.05) is 0 Å². The minimum absolute atomic E-state index is 0.889. The van der Waals surface area contributed by atoms with Crippen LogP contribution in [0.2, 0.25) is 0 Å². The van der Waals surface area contributed by atoms with Gasteiger partial charge in [0.25, 0.3) is 0 Å². The molecule has 0 atom stereocenters. The van der Waals surface area contributed by atoms with E-state index >= 15 is 0 Å². The molecule has 0 aliphatic rings. The van der Waals surface area contributed by atoms with Gasteiger partial charge in [0.1, 0.15) is 0 Å². The number of hydrogen-bond donors (Lipinski definition) is 4. The average molecular weight is 96.0 g/mol. The average Bonchev–Trinajstić information content (AvgIpc) is 1.36. The van der Waals surface area contributed by atoms with Crippen LogP contribution in [0.15, 0.2) is 0 Å². The molecule has 0 radical (unpaired) electrons. The molecule has 6 heteroatoms. The van der Waals surface area contributed by atoms with Crippen LogP contribution in [-0.4, -0.2) is 31.5 Å². The second-order valence-corrected chi connectivity index (χ2v) is 0.537. The maximum Gasteiger partial charge on any atom is 0.0593 e. The molecule has 0 heterocycles. The van der Waals surface area contributed by atoms with Crippen LogP contribution in [-0.2, 0) is 0 Å². The van der Waals surface area contributed by atoms with E-state index in [0.717, 1.165) is 0 Å². The predicted octanol–water partition coefficient (Wildman–Crippen LogP) is -0.938. The van der Waals surface area contributed by atoms with Crippen LogP contribution < -0.4 is 0 Å². The fourth-order valence-corrected chi connectivity index (χ4v) is 0. The number of hydrazine groups is 1. The zero-order valence-corrected chi connectivity index (χ0v) is 2.68. The van der Waals surface area contributed by atoms with Gasteiger partial charge in [0.05, 0.1) is 10.7 Å². The van der Waals surface area contributed by atoms with E-state index in [1.165, 1.54) is 0 Å². The molecule has 0 saturated heterocycles. The molecule has 0 aliphatic carbocycles. The molecule has 0 saturated carbocycles. The van der Waals surface area contributed by atoms with E-state index in [9.17, 15) is 0 Å². The first kappa shape index (κ1) is 5.76. The summed E-state index contributed by atoms with van der Waals surface area (Å²) in [6.07, 6.45) is 0. The molecule has 38 valence electrons.